The highest BCUT2D eigenvalue weighted by Crippen LogP contribution is 2.23. The van der Waals surface area contributed by atoms with Gasteiger partial charge in [0.15, 0.2) is 6.29 Å². The lowest BCUT2D eigenvalue weighted by molar-refractivity contribution is 0.0386. The SMILES string of the molecule is c1cc(N(CC2CO2)CC2CO2)ccc1COC1CO1. The van der Waals surface area contributed by atoms with Crippen LogP contribution in [0.1, 0.15) is 5.56 Å². The van der Waals surface area contributed by atoms with Gasteiger partial charge >= 0.3 is 0 Å². The number of hydrogen-bond donors (Lipinski definition) is 0. The first-order chi connectivity index (χ1) is 9.87. The zero-order valence-corrected chi connectivity index (χ0v) is 11.4. The van der Waals surface area contributed by atoms with Gasteiger partial charge in [0.05, 0.1) is 32.0 Å². The fourth-order valence-corrected chi connectivity index (χ4v) is 2.25. The smallest absolute Gasteiger partial charge is 0.181 e. The molecular formula is C15H19NO4. The quantitative estimate of drug-likeness (QED) is 0.667. The molecule has 3 saturated heterocycles. The molecule has 20 heavy (non-hydrogen) atoms. The summed E-state index contributed by atoms with van der Waals surface area (Å²) in [6.45, 7) is 5.01. The molecule has 5 heteroatoms. The Morgan fingerprint density at radius 1 is 0.950 bits per heavy atom. The van der Waals surface area contributed by atoms with Crippen molar-refractivity contribution in [2.75, 3.05) is 37.8 Å². The molecule has 0 aliphatic carbocycles. The molecule has 3 atom stereocenters. The molecule has 0 aromatic heterocycles. The van der Waals surface area contributed by atoms with Crippen molar-refractivity contribution in [3.63, 3.8) is 0 Å². The maximum Gasteiger partial charge on any atom is 0.181 e. The zero-order chi connectivity index (χ0) is 13.4. The highest BCUT2D eigenvalue weighted by atomic mass is 16.8. The average Bonchev–Trinajstić information content (AvgIpc) is 3.32. The largest absolute Gasteiger partial charge is 0.371 e. The third-order valence-corrected chi connectivity index (χ3v) is 3.69. The second kappa shape index (κ2) is 5.33. The molecule has 0 N–H and O–H groups in total. The number of benzene rings is 1. The maximum absolute atomic E-state index is 5.51. The Bertz CT molecular complexity index is 437. The Kier molecular flexibility index (Phi) is 3.36. The number of nitrogens with zero attached hydrogens (tertiary/aromatic N) is 1. The first-order valence-electron chi connectivity index (χ1n) is 7.17. The molecule has 3 heterocycles. The van der Waals surface area contributed by atoms with E-state index < -0.39 is 0 Å². The standard InChI is InChI=1S/C15H19NO4/c1-3-12(4-2-11(1)7-19-15-10-20-15)16(5-13-8-17-13)6-14-9-18-14/h1-4,13-15H,5-10H2. The Morgan fingerprint density at radius 3 is 2.05 bits per heavy atom. The molecule has 3 aliphatic heterocycles. The van der Waals surface area contributed by atoms with Crippen molar-refractivity contribution in [3.8, 4) is 0 Å². The van der Waals surface area contributed by atoms with Crippen LogP contribution in [0, 0.1) is 0 Å². The Hall–Kier alpha value is -1.14. The van der Waals surface area contributed by atoms with Crippen LogP contribution in [-0.4, -0.2) is 51.4 Å². The van der Waals surface area contributed by atoms with Gasteiger partial charge in [-0.1, -0.05) is 12.1 Å². The summed E-state index contributed by atoms with van der Waals surface area (Å²) in [4.78, 5) is 2.35. The summed E-state index contributed by atoms with van der Waals surface area (Å²) in [5.74, 6) is 0. The fourth-order valence-electron chi connectivity index (χ4n) is 2.25. The molecule has 0 radical (unpaired) electrons. The van der Waals surface area contributed by atoms with Crippen LogP contribution in [0.15, 0.2) is 24.3 Å². The predicted octanol–water partition coefficient (Wildman–Crippen LogP) is 1.16. The topological polar surface area (TPSA) is 50.1 Å². The summed E-state index contributed by atoms with van der Waals surface area (Å²) in [7, 11) is 0. The first kappa shape index (κ1) is 12.6. The molecule has 5 nitrogen and oxygen atoms in total. The molecule has 3 aliphatic rings. The lowest BCUT2D eigenvalue weighted by atomic mass is 10.2. The van der Waals surface area contributed by atoms with Crippen molar-refractivity contribution in [2.45, 2.75) is 25.1 Å². The van der Waals surface area contributed by atoms with Gasteiger partial charge in [-0.3, -0.25) is 0 Å². The van der Waals surface area contributed by atoms with Crippen molar-refractivity contribution in [1.82, 2.24) is 0 Å². The van der Waals surface area contributed by atoms with E-state index in [1.807, 2.05) is 0 Å². The van der Waals surface area contributed by atoms with E-state index >= 15 is 0 Å². The summed E-state index contributed by atoms with van der Waals surface area (Å²) in [5.41, 5.74) is 2.40. The minimum atomic E-state index is 0.0187. The van der Waals surface area contributed by atoms with Gasteiger partial charge in [-0.2, -0.15) is 0 Å². The van der Waals surface area contributed by atoms with Crippen molar-refractivity contribution in [2.24, 2.45) is 0 Å². The van der Waals surface area contributed by atoms with Gasteiger partial charge in [0, 0.05) is 18.8 Å². The summed E-state index contributed by atoms with van der Waals surface area (Å²) >= 11 is 0. The van der Waals surface area contributed by atoms with E-state index in [0.717, 1.165) is 32.9 Å². The van der Waals surface area contributed by atoms with Crippen LogP contribution in [0.2, 0.25) is 0 Å². The number of anilines is 1. The van der Waals surface area contributed by atoms with Gasteiger partial charge in [0.25, 0.3) is 0 Å². The second-order valence-electron chi connectivity index (χ2n) is 5.56. The van der Waals surface area contributed by atoms with Gasteiger partial charge in [0.1, 0.15) is 6.61 Å². The summed E-state index contributed by atoms with van der Waals surface area (Å²) in [6, 6.07) is 8.53. The molecule has 0 amide bonds. The molecular weight excluding hydrogens is 258 g/mol. The van der Waals surface area contributed by atoms with E-state index in [-0.39, 0.29) is 6.29 Å². The number of rotatable bonds is 8. The number of hydrogen-bond acceptors (Lipinski definition) is 5. The summed E-state index contributed by atoms with van der Waals surface area (Å²) in [6.07, 6.45) is 0.803. The minimum absolute atomic E-state index is 0.0187. The van der Waals surface area contributed by atoms with E-state index in [2.05, 4.69) is 29.2 Å². The molecule has 3 fully saturated rings. The minimum Gasteiger partial charge on any atom is -0.371 e. The fraction of sp³-hybridized carbons (Fsp3) is 0.600. The summed E-state index contributed by atoms with van der Waals surface area (Å²) in [5, 5.41) is 0. The van der Waals surface area contributed by atoms with Crippen molar-refractivity contribution < 1.29 is 18.9 Å². The van der Waals surface area contributed by atoms with Gasteiger partial charge in [-0.25, -0.2) is 0 Å². The van der Waals surface area contributed by atoms with E-state index in [1.54, 1.807) is 0 Å². The van der Waals surface area contributed by atoms with E-state index in [9.17, 15) is 0 Å². The zero-order valence-electron chi connectivity index (χ0n) is 11.4. The first-order valence-corrected chi connectivity index (χ1v) is 7.17. The molecule has 0 spiro atoms. The summed E-state index contributed by atoms with van der Waals surface area (Å²) < 4.78 is 21.2. The third kappa shape index (κ3) is 3.49. The molecule has 1 aromatic carbocycles. The second-order valence-corrected chi connectivity index (χ2v) is 5.56. The lowest BCUT2D eigenvalue weighted by Crippen LogP contribution is -2.31. The van der Waals surface area contributed by atoms with Crippen LogP contribution >= 0.6 is 0 Å². The Labute approximate surface area is 118 Å². The number of epoxide rings is 3. The van der Waals surface area contributed by atoms with Crippen LogP contribution in [0.4, 0.5) is 5.69 Å². The van der Waals surface area contributed by atoms with Crippen LogP contribution in [-0.2, 0) is 25.6 Å². The molecule has 3 unspecified atom stereocenters. The lowest BCUT2D eigenvalue weighted by Gasteiger charge is -2.23. The predicted molar refractivity (Wildman–Crippen MR) is 72.7 cm³/mol. The Morgan fingerprint density at radius 2 is 1.55 bits per heavy atom. The highest BCUT2D eigenvalue weighted by Gasteiger charge is 2.30. The van der Waals surface area contributed by atoms with Crippen LogP contribution in [0.3, 0.4) is 0 Å². The van der Waals surface area contributed by atoms with Crippen LogP contribution < -0.4 is 4.90 Å². The highest BCUT2D eigenvalue weighted by molar-refractivity contribution is 5.48. The van der Waals surface area contributed by atoms with Crippen molar-refractivity contribution in [3.05, 3.63) is 29.8 Å². The molecule has 0 saturated carbocycles. The maximum atomic E-state index is 5.51. The molecule has 108 valence electrons. The van der Waals surface area contributed by atoms with Gasteiger partial charge in [-0.15, -0.1) is 0 Å². The van der Waals surface area contributed by atoms with Crippen molar-refractivity contribution >= 4 is 5.69 Å². The third-order valence-electron chi connectivity index (χ3n) is 3.69. The average molecular weight is 277 g/mol. The number of ether oxygens (including phenoxy) is 4. The van der Waals surface area contributed by atoms with Gasteiger partial charge in [-0.05, 0) is 17.7 Å². The van der Waals surface area contributed by atoms with Gasteiger partial charge in [0.2, 0.25) is 0 Å². The van der Waals surface area contributed by atoms with Crippen LogP contribution in [0.25, 0.3) is 0 Å². The van der Waals surface area contributed by atoms with E-state index in [4.69, 9.17) is 18.9 Å². The molecule has 1 aromatic rings. The van der Waals surface area contributed by atoms with E-state index in [1.165, 1.54) is 11.3 Å². The van der Waals surface area contributed by atoms with E-state index in [0.29, 0.717) is 18.8 Å². The normalized spacial score (nSPS) is 30.1. The Balaban J connectivity index is 1.38. The molecule has 4 rings (SSSR count). The van der Waals surface area contributed by atoms with Gasteiger partial charge < -0.3 is 23.8 Å². The monoisotopic (exact) mass is 277 g/mol. The molecule has 0 bridgehead atoms. The van der Waals surface area contributed by atoms with Crippen LogP contribution in [0.5, 0.6) is 0 Å². The van der Waals surface area contributed by atoms with Crippen molar-refractivity contribution in [1.29, 1.82) is 0 Å².